The van der Waals surface area contributed by atoms with Crippen molar-refractivity contribution < 1.29 is 28.6 Å². The second kappa shape index (κ2) is 66.1. The quantitative estimate of drug-likeness (QED) is 0.0261. The summed E-state index contributed by atoms with van der Waals surface area (Å²) in [7, 11) is 0. The van der Waals surface area contributed by atoms with E-state index in [1.54, 1.807) is 0 Å². The van der Waals surface area contributed by atoms with E-state index in [9.17, 15) is 14.4 Å². The molecule has 6 nitrogen and oxygen atoms in total. The van der Waals surface area contributed by atoms with E-state index < -0.39 is 6.10 Å². The first-order chi connectivity index (χ1) is 39.0. The van der Waals surface area contributed by atoms with E-state index in [-0.39, 0.29) is 31.1 Å². The number of esters is 3. The maximum atomic E-state index is 12.9. The Hall–Kier alpha value is -4.45. The van der Waals surface area contributed by atoms with Gasteiger partial charge in [-0.3, -0.25) is 14.4 Å². The van der Waals surface area contributed by atoms with Gasteiger partial charge >= 0.3 is 17.9 Å². The molecule has 0 aliphatic heterocycles. The summed E-state index contributed by atoms with van der Waals surface area (Å²) in [4.78, 5) is 38.3. The van der Waals surface area contributed by atoms with Crippen LogP contribution in [0, 0.1) is 0 Å². The van der Waals surface area contributed by atoms with Crippen molar-refractivity contribution in [1.29, 1.82) is 0 Å². The van der Waals surface area contributed by atoms with Crippen LogP contribution in [0.4, 0.5) is 0 Å². The van der Waals surface area contributed by atoms with Crippen LogP contribution in [0.15, 0.2) is 134 Å². The molecule has 0 aromatic heterocycles. The van der Waals surface area contributed by atoms with Gasteiger partial charge in [-0.25, -0.2) is 0 Å². The zero-order chi connectivity index (χ0) is 57.1. The molecule has 0 amide bonds. The van der Waals surface area contributed by atoms with E-state index in [0.29, 0.717) is 19.3 Å². The van der Waals surface area contributed by atoms with Crippen molar-refractivity contribution in [2.45, 2.75) is 297 Å². The van der Waals surface area contributed by atoms with Gasteiger partial charge in [-0.1, -0.05) is 276 Å². The summed E-state index contributed by atoms with van der Waals surface area (Å²) < 4.78 is 16.9. The van der Waals surface area contributed by atoms with Crippen LogP contribution in [-0.2, 0) is 28.6 Å². The Kier molecular flexibility index (Phi) is 62.3. The minimum Gasteiger partial charge on any atom is -0.462 e. The van der Waals surface area contributed by atoms with Gasteiger partial charge in [0, 0.05) is 19.3 Å². The lowest BCUT2D eigenvalue weighted by Crippen LogP contribution is -2.30. The van der Waals surface area contributed by atoms with E-state index in [4.69, 9.17) is 14.2 Å². The second-order valence-corrected chi connectivity index (χ2v) is 21.2. The maximum absolute atomic E-state index is 12.9. The fourth-order valence-corrected chi connectivity index (χ4v) is 8.85. The first kappa shape index (κ1) is 74.5. The van der Waals surface area contributed by atoms with E-state index in [1.165, 1.54) is 103 Å². The van der Waals surface area contributed by atoms with E-state index >= 15 is 0 Å². The number of ether oxygens (including phenoxy) is 3. The van der Waals surface area contributed by atoms with E-state index in [1.807, 2.05) is 0 Å². The lowest BCUT2D eigenvalue weighted by atomic mass is 10.0. The van der Waals surface area contributed by atoms with Crippen molar-refractivity contribution in [2.24, 2.45) is 0 Å². The third kappa shape index (κ3) is 64.3. The summed E-state index contributed by atoms with van der Waals surface area (Å²) in [5.74, 6) is -0.936. The highest BCUT2D eigenvalue weighted by atomic mass is 16.6. The van der Waals surface area contributed by atoms with Crippen LogP contribution in [0.5, 0.6) is 0 Å². The van der Waals surface area contributed by atoms with Crippen molar-refractivity contribution in [3.05, 3.63) is 134 Å². The normalized spacial score (nSPS) is 13.0. The summed E-state index contributed by atoms with van der Waals surface area (Å²) in [6.45, 7) is 6.28. The summed E-state index contributed by atoms with van der Waals surface area (Å²) in [5, 5.41) is 0. The SMILES string of the molecule is CC/C=C\C/C=C\C/C=C\C/C=C\CCCCCCCCCCCCCCCCCCC(=O)OCC(COC(=O)CCCCC/C=C\C/C=C\C/C=C\CC)OC(=O)CCCCCCCC/C=C\C/C=C\C/C=C\C/C=C\CC. The van der Waals surface area contributed by atoms with Gasteiger partial charge < -0.3 is 14.2 Å². The van der Waals surface area contributed by atoms with Crippen LogP contribution in [0.2, 0.25) is 0 Å². The molecule has 0 heterocycles. The van der Waals surface area contributed by atoms with Gasteiger partial charge in [0.15, 0.2) is 6.10 Å². The molecule has 0 N–H and O–H groups in total. The molecule has 0 spiro atoms. The Morgan fingerprint density at radius 2 is 0.456 bits per heavy atom. The van der Waals surface area contributed by atoms with Gasteiger partial charge in [0.25, 0.3) is 0 Å². The molecular formula is C73H120O6. The van der Waals surface area contributed by atoms with Crippen LogP contribution in [0.1, 0.15) is 290 Å². The van der Waals surface area contributed by atoms with Gasteiger partial charge in [-0.2, -0.15) is 0 Å². The predicted molar refractivity (Wildman–Crippen MR) is 343 cm³/mol. The van der Waals surface area contributed by atoms with Crippen molar-refractivity contribution in [2.75, 3.05) is 13.2 Å². The highest BCUT2D eigenvalue weighted by Gasteiger charge is 2.19. The standard InChI is InChI=1S/C73H120O6/c1-4-7-10-13-16-19-22-25-27-29-31-32-33-34-35-36-37-38-39-40-42-43-45-48-51-54-57-60-63-66-72(75)78-69-70(68-77-71(74)65-62-59-56-53-50-47-24-21-18-15-12-9-6-3)79-73(76)67-64-61-58-55-52-49-46-44-41-30-28-26-23-20-17-14-11-8-5-2/h7-12,16-21,25-28,31-32,41,44,47,50,70H,4-6,13-15,22-24,29-30,33-40,42-43,45-46,48-49,51-69H2,1-3H3/b10-7-,11-8-,12-9-,19-16-,20-17-,21-18-,27-25-,28-26-,32-31-,44-41-,50-47-. The van der Waals surface area contributed by atoms with Crippen LogP contribution in [0.3, 0.4) is 0 Å². The fraction of sp³-hybridized carbons (Fsp3) is 0.658. The lowest BCUT2D eigenvalue weighted by Gasteiger charge is -2.18. The van der Waals surface area contributed by atoms with Gasteiger partial charge in [0.05, 0.1) is 0 Å². The van der Waals surface area contributed by atoms with Crippen molar-refractivity contribution in [1.82, 2.24) is 0 Å². The molecule has 0 aromatic rings. The Morgan fingerprint density at radius 1 is 0.253 bits per heavy atom. The average Bonchev–Trinajstić information content (AvgIpc) is 3.45. The molecule has 0 aromatic carbocycles. The van der Waals surface area contributed by atoms with Gasteiger partial charge in [0.2, 0.25) is 0 Å². The summed E-state index contributed by atoms with van der Waals surface area (Å²) in [6, 6.07) is 0. The predicted octanol–water partition coefficient (Wildman–Crippen LogP) is 22.5. The highest BCUT2D eigenvalue weighted by Crippen LogP contribution is 2.16. The number of hydrogen-bond acceptors (Lipinski definition) is 6. The van der Waals surface area contributed by atoms with Crippen LogP contribution in [-0.4, -0.2) is 37.2 Å². The number of carbonyl (C=O) groups is 3. The number of hydrogen-bond donors (Lipinski definition) is 0. The van der Waals surface area contributed by atoms with Crippen LogP contribution in [0.25, 0.3) is 0 Å². The maximum Gasteiger partial charge on any atom is 0.306 e. The Balaban J connectivity index is 4.29. The molecule has 0 fully saturated rings. The largest absolute Gasteiger partial charge is 0.462 e. The number of carbonyl (C=O) groups excluding carboxylic acids is 3. The summed E-state index contributed by atoms with van der Waals surface area (Å²) >= 11 is 0. The summed E-state index contributed by atoms with van der Waals surface area (Å²) in [5.41, 5.74) is 0. The minimum absolute atomic E-state index is 0.0954. The van der Waals surface area contributed by atoms with Gasteiger partial charge in [0.1, 0.15) is 13.2 Å². The molecule has 79 heavy (non-hydrogen) atoms. The van der Waals surface area contributed by atoms with Gasteiger partial charge in [-0.05, 0) is 128 Å². The second-order valence-electron chi connectivity index (χ2n) is 21.2. The first-order valence-electron chi connectivity index (χ1n) is 32.7. The molecule has 0 rings (SSSR count). The highest BCUT2D eigenvalue weighted by molar-refractivity contribution is 5.71. The molecule has 0 saturated carbocycles. The van der Waals surface area contributed by atoms with Gasteiger partial charge in [-0.15, -0.1) is 0 Å². The average molecular weight is 1090 g/mol. The number of rotatable bonds is 58. The van der Waals surface area contributed by atoms with Crippen molar-refractivity contribution in [3.8, 4) is 0 Å². The Morgan fingerprint density at radius 3 is 0.722 bits per heavy atom. The first-order valence-corrected chi connectivity index (χ1v) is 32.7. The van der Waals surface area contributed by atoms with Crippen molar-refractivity contribution >= 4 is 17.9 Å². The molecule has 448 valence electrons. The fourth-order valence-electron chi connectivity index (χ4n) is 8.85. The molecule has 0 aliphatic carbocycles. The third-order valence-corrected chi connectivity index (χ3v) is 13.6. The Labute approximate surface area is 487 Å². The van der Waals surface area contributed by atoms with Crippen LogP contribution < -0.4 is 0 Å². The molecule has 0 saturated heterocycles. The lowest BCUT2D eigenvalue weighted by molar-refractivity contribution is -0.167. The number of unbranched alkanes of at least 4 members (excludes halogenated alkanes) is 25. The van der Waals surface area contributed by atoms with E-state index in [0.717, 1.165) is 148 Å². The number of allylic oxidation sites excluding steroid dienone is 22. The monoisotopic (exact) mass is 1090 g/mol. The zero-order valence-electron chi connectivity index (χ0n) is 51.3. The molecule has 0 aliphatic rings. The molecule has 1 unspecified atom stereocenters. The summed E-state index contributed by atoms with van der Waals surface area (Å²) in [6.07, 6.45) is 93.3. The Bertz CT molecular complexity index is 1680. The zero-order valence-corrected chi connectivity index (χ0v) is 51.3. The topological polar surface area (TPSA) is 78.9 Å². The van der Waals surface area contributed by atoms with E-state index in [2.05, 4.69) is 154 Å². The molecule has 0 radical (unpaired) electrons. The minimum atomic E-state index is -0.802. The van der Waals surface area contributed by atoms with Crippen LogP contribution >= 0.6 is 0 Å². The molecule has 0 bridgehead atoms. The molecule has 1 atom stereocenters. The molecular weight excluding hydrogens is 973 g/mol. The third-order valence-electron chi connectivity index (χ3n) is 13.6. The smallest absolute Gasteiger partial charge is 0.306 e. The molecule has 6 heteroatoms. The van der Waals surface area contributed by atoms with Crippen molar-refractivity contribution in [3.63, 3.8) is 0 Å².